The number of hydrogen-bond acceptors (Lipinski definition) is 3. The first-order chi connectivity index (χ1) is 11.3. The van der Waals surface area contributed by atoms with Crippen molar-refractivity contribution in [2.24, 2.45) is 4.99 Å². The van der Waals surface area contributed by atoms with Crippen LogP contribution in [0.3, 0.4) is 0 Å². The molecule has 0 aromatic carbocycles. The highest BCUT2D eigenvalue weighted by atomic mass is 19.4. The van der Waals surface area contributed by atoms with Gasteiger partial charge in [-0.2, -0.15) is 13.2 Å². The molecule has 0 amide bonds. The molecule has 0 spiro atoms. The van der Waals surface area contributed by atoms with E-state index in [1.165, 1.54) is 0 Å². The molecule has 0 saturated heterocycles. The van der Waals surface area contributed by atoms with E-state index < -0.39 is 12.8 Å². The first-order valence-electron chi connectivity index (χ1n) is 8.66. The van der Waals surface area contributed by atoms with Crippen molar-refractivity contribution in [3.63, 3.8) is 0 Å². The van der Waals surface area contributed by atoms with Crippen molar-refractivity contribution in [2.45, 2.75) is 52.3 Å². The number of halogens is 3. The van der Waals surface area contributed by atoms with Crippen molar-refractivity contribution in [1.82, 2.24) is 15.5 Å². The van der Waals surface area contributed by atoms with Crippen LogP contribution in [0.5, 0.6) is 0 Å². The quantitative estimate of drug-likeness (QED) is 0.321. The average molecular weight is 354 g/mol. The third-order valence-corrected chi connectivity index (χ3v) is 3.64. The van der Waals surface area contributed by atoms with Gasteiger partial charge in [-0.05, 0) is 45.8 Å². The van der Waals surface area contributed by atoms with E-state index in [0.29, 0.717) is 18.9 Å². The summed E-state index contributed by atoms with van der Waals surface area (Å²) in [6, 6.07) is 0.285. The number of rotatable bonds is 12. The number of guanidine groups is 1. The largest absolute Gasteiger partial charge is 0.411 e. The molecule has 24 heavy (non-hydrogen) atoms. The number of nitrogens with zero attached hydrogens (tertiary/aromatic N) is 2. The topological polar surface area (TPSA) is 48.9 Å². The van der Waals surface area contributed by atoms with Gasteiger partial charge >= 0.3 is 6.18 Å². The predicted octanol–water partition coefficient (Wildman–Crippen LogP) is 2.63. The van der Waals surface area contributed by atoms with Gasteiger partial charge in [0.15, 0.2) is 5.96 Å². The lowest BCUT2D eigenvalue weighted by molar-refractivity contribution is -0.173. The van der Waals surface area contributed by atoms with Gasteiger partial charge in [-0.3, -0.25) is 4.99 Å². The van der Waals surface area contributed by atoms with Gasteiger partial charge in [-0.1, -0.05) is 13.8 Å². The normalized spacial score (nSPS) is 14.1. The number of alkyl halides is 3. The second kappa shape index (κ2) is 13.3. The van der Waals surface area contributed by atoms with Crippen molar-refractivity contribution >= 4 is 5.96 Å². The molecular weight excluding hydrogens is 321 g/mol. The van der Waals surface area contributed by atoms with E-state index in [4.69, 9.17) is 0 Å². The Morgan fingerprint density at radius 3 is 2.42 bits per heavy atom. The van der Waals surface area contributed by atoms with E-state index in [-0.39, 0.29) is 12.6 Å². The van der Waals surface area contributed by atoms with Gasteiger partial charge in [0.25, 0.3) is 0 Å². The zero-order valence-corrected chi connectivity index (χ0v) is 15.4. The van der Waals surface area contributed by atoms with Crippen LogP contribution < -0.4 is 10.6 Å². The Hall–Kier alpha value is -1.02. The highest BCUT2D eigenvalue weighted by Crippen LogP contribution is 2.14. The minimum Gasteiger partial charge on any atom is -0.372 e. The molecule has 0 aromatic rings. The van der Waals surface area contributed by atoms with Crippen LogP contribution in [0.4, 0.5) is 13.2 Å². The first kappa shape index (κ1) is 23.0. The van der Waals surface area contributed by atoms with Gasteiger partial charge in [0.1, 0.15) is 6.61 Å². The van der Waals surface area contributed by atoms with Gasteiger partial charge in [0, 0.05) is 26.2 Å². The van der Waals surface area contributed by atoms with Crippen LogP contribution in [-0.2, 0) is 4.74 Å². The molecule has 0 heterocycles. The van der Waals surface area contributed by atoms with E-state index in [2.05, 4.69) is 46.0 Å². The van der Waals surface area contributed by atoms with E-state index in [0.717, 1.165) is 32.5 Å². The maximum Gasteiger partial charge on any atom is 0.411 e. The molecule has 0 aliphatic heterocycles. The maximum absolute atomic E-state index is 11.9. The van der Waals surface area contributed by atoms with Crippen molar-refractivity contribution in [3.05, 3.63) is 0 Å². The standard InChI is InChI=1S/C16H33F3N4O/c1-5-23(6-2)11-7-9-14(3)22-15(20-4)21-10-8-12-24-13-16(17,18)19/h14H,5-13H2,1-4H3,(H2,20,21,22). The Balaban J connectivity index is 3.78. The second-order valence-corrected chi connectivity index (χ2v) is 5.73. The Labute approximate surface area is 144 Å². The van der Waals surface area contributed by atoms with Gasteiger partial charge in [-0.15, -0.1) is 0 Å². The first-order valence-corrected chi connectivity index (χ1v) is 8.66. The van der Waals surface area contributed by atoms with Crippen LogP contribution in [-0.4, -0.2) is 69.5 Å². The highest BCUT2D eigenvalue weighted by molar-refractivity contribution is 5.79. The van der Waals surface area contributed by atoms with E-state index in [1.807, 2.05) is 0 Å². The minimum atomic E-state index is -4.26. The summed E-state index contributed by atoms with van der Waals surface area (Å²) in [7, 11) is 1.68. The Bertz CT molecular complexity index is 334. The zero-order chi connectivity index (χ0) is 18.4. The summed E-state index contributed by atoms with van der Waals surface area (Å²) in [5, 5.41) is 6.38. The van der Waals surface area contributed by atoms with Crippen LogP contribution in [0, 0.1) is 0 Å². The highest BCUT2D eigenvalue weighted by Gasteiger charge is 2.27. The van der Waals surface area contributed by atoms with Crippen LogP contribution in [0.25, 0.3) is 0 Å². The van der Waals surface area contributed by atoms with Crippen LogP contribution in [0.15, 0.2) is 4.99 Å². The molecule has 0 radical (unpaired) electrons. The fourth-order valence-corrected chi connectivity index (χ4v) is 2.23. The summed E-state index contributed by atoms with van der Waals surface area (Å²) >= 11 is 0. The Kier molecular flexibility index (Phi) is 12.7. The summed E-state index contributed by atoms with van der Waals surface area (Å²) in [4.78, 5) is 6.51. The zero-order valence-electron chi connectivity index (χ0n) is 15.4. The summed E-state index contributed by atoms with van der Waals surface area (Å²) < 4.78 is 40.3. The van der Waals surface area contributed by atoms with Crippen LogP contribution in [0.2, 0.25) is 0 Å². The second-order valence-electron chi connectivity index (χ2n) is 5.73. The van der Waals surface area contributed by atoms with Gasteiger partial charge < -0.3 is 20.3 Å². The lowest BCUT2D eigenvalue weighted by atomic mass is 10.2. The molecule has 0 fully saturated rings. The van der Waals surface area contributed by atoms with E-state index in [1.54, 1.807) is 7.05 Å². The molecule has 1 unspecified atom stereocenters. The molecule has 0 aromatic heterocycles. The molecular formula is C16H33F3N4O. The fraction of sp³-hybridized carbons (Fsp3) is 0.938. The van der Waals surface area contributed by atoms with Crippen LogP contribution in [0.1, 0.15) is 40.0 Å². The molecule has 0 aliphatic carbocycles. The van der Waals surface area contributed by atoms with Crippen molar-refractivity contribution in [3.8, 4) is 0 Å². The van der Waals surface area contributed by atoms with E-state index >= 15 is 0 Å². The molecule has 0 rings (SSSR count). The number of hydrogen-bond donors (Lipinski definition) is 2. The average Bonchev–Trinajstić information content (AvgIpc) is 2.52. The smallest absolute Gasteiger partial charge is 0.372 e. The molecule has 144 valence electrons. The van der Waals surface area contributed by atoms with Gasteiger partial charge in [-0.25, -0.2) is 0 Å². The van der Waals surface area contributed by atoms with Gasteiger partial charge in [0.2, 0.25) is 0 Å². The lowest BCUT2D eigenvalue weighted by Crippen LogP contribution is -2.43. The maximum atomic E-state index is 11.9. The van der Waals surface area contributed by atoms with E-state index in [9.17, 15) is 13.2 Å². The van der Waals surface area contributed by atoms with Crippen LogP contribution >= 0.6 is 0 Å². The summed E-state index contributed by atoms with van der Waals surface area (Å²) in [5.41, 5.74) is 0. The monoisotopic (exact) mass is 354 g/mol. The predicted molar refractivity (Wildman–Crippen MR) is 92.5 cm³/mol. The molecule has 0 bridgehead atoms. The lowest BCUT2D eigenvalue weighted by Gasteiger charge is -2.21. The SMILES string of the molecule is CCN(CC)CCCC(C)NC(=NC)NCCCOCC(F)(F)F. The number of nitrogens with one attached hydrogen (secondary N) is 2. The summed E-state index contributed by atoms with van der Waals surface area (Å²) in [6.45, 7) is 9.04. The Morgan fingerprint density at radius 1 is 1.21 bits per heavy atom. The van der Waals surface area contributed by atoms with Crippen molar-refractivity contribution < 1.29 is 17.9 Å². The third-order valence-electron chi connectivity index (χ3n) is 3.64. The number of ether oxygens (including phenoxy) is 1. The molecule has 1 atom stereocenters. The molecule has 0 aliphatic rings. The number of aliphatic imine (C=N–C) groups is 1. The fourth-order valence-electron chi connectivity index (χ4n) is 2.23. The van der Waals surface area contributed by atoms with Crippen molar-refractivity contribution in [2.75, 3.05) is 46.4 Å². The summed E-state index contributed by atoms with van der Waals surface area (Å²) in [5.74, 6) is 0.668. The Morgan fingerprint density at radius 2 is 1.88 bits per heavy atom. The molecule has 8 heteroatoms. The van der Waals surface area contributed by atoms with Crippen molar-refractivity contribution in [1.29, 1.82) is 0 Å². The molecule has 5 nitrogen and oxygen atoms in total. The minimum absolute atomic E-state index is 0.0723. The summed E-state index contributed by atoms with van der Waals surface area (Å²) in [6.07, 6.45) is -1.62. The third kappa shape index (κ3) is 13.4. The molecule has 2 N–H and O–H groups in total. The van der Waals surface area contributed by atoms with Gasteiger partial charge in [0.05, 0.1) is 0 Å². The molecule has 0 saturated carbocycles.